The van der Waals surface area contributed by atoms with Gasteiger partial charge in [0.15, 0.2) is 5.78 Å². The van der Waals surface area contributed by atoms with E-state index in [9.17, 15) is 19.2 Å². The number of hydrogen-bond acceptors (Lipinski definition) is 10. The zero-order valence-corrected chi connectivity index (χ0v) is 30.3. The summed E-state index contributed by atoms with van der Waals surface area (Å²) < 4.78 is 11.3. The molecule has 2 fully saturated rings. The third-order valence-electron chi connectivity index (χ3n) is 9.74. The van der Waals surface area contributed by atoms with Gasteiger partial charge in [-0.25, -0.2) is 0 Å². The Morgan fingerprint density at radius 1 is 0.917 bits per heavy atom. The van der Waals surface area contributed by atoms with Crippen molar-refractivity contribution < 1.29 is 28.7 Å². The van der Waals surface area contributed by atoms with Crippen molar-refractivity contribution in [1.82, 2.24) is 25.8 Å². The number of azo groups is 1. The molecule has 1 spiro atoms. The second-order valence-electron chi connectivity index (χ2n) is 12.4. The quantitative estimate of drug-likeness (QED) is 0.0657. The maximum atomic E-state index is 13.3. The van der Waals surface area contributed by atoms with Crippen LogP contribution in [0.1, 0.15) is 81.0 Å². The molecular weight excluding hydrogens is 638 g/mol. The number of nitrogens with zero attached hydrogens (tertiary/aromatic N) is 4. The number of hydrogen-bond donors (Lipinski definition) is 3. The molecule has 0 bridgehead atoms. The fourth-order valence-electron chi connectivity index (χ4n) is 6.73. The molecule has 268 valence electrons. The number of carbonyl (C=O) groups is 4. The molecule has 13 nitrogen and oxygen atoms in total. The van der Waals surface area contributed by atoms with Gasteiger partial charge in [0.25, 0.3) is 17.7 Å². The van der Waals surface area contributed by atoms with Crippen LogP contribution >= 0.6 is 11.6 Å². The number of ether oxygens (including phenoxy) is 2. The van der Waals surface area contributed by atoms with Gasteiger partial charge in [0.1, 0.15) is 5.54 Å². The normalized spacial score (nSPS) is 25.4. The van der Waals surface area contributed by atoms with E-state index in [2.05, 4.69) is 63.7 Å². The smallest absolute Gasteiger partial charge is 0.260 e. The molecular formula is C34H54ClN7O6. The minimum Gasteiger partial charge on any atom is -0.380 e. The average Bonchev–Trinajstić information content (AvgIpc) is 3.08. The Labute approximate surface area is 289 Å². The highest BCUT2D eigenvalue weighted by Crippen LogP contribution is 2.49. The predicted octanol–water partition coefficient (Wildman–Crippen LogP) is 3.32. The Hall–Kier alpha value is -2.97. The Kier molecular flexibility index (Phi) is 14.9. The fraction of sp³-hybridized carbons (Fsp3) is 0.706. The van der Waals surface area contributed by atoms with E-state index in [1.807, 2.05) is 0 Å². The molecule has 3 rings (SSSR count). The van der Waals surface area contributed by atoms with Crippen molar-refractivity contribution in [2.24, 2.45) is 10.2 Å². The van der Waals surface area contributed by atoms with Crippen LogP contribution in [-0.2, 0) is 19.1 Å². The van der Waals surface area contributed by atoms with E-state index in [4.69, 9.17) is 21.1 Å². The number of methoxy groups -OCH3 is 2. The van der Waals surface area contributed by atoms with Crippen LogP contribution in [-0.4, -0.2) is 129 Å². The molecule has 3 amide bonds. The molecule has 0 radical (unpaired) electrons. The molecule has 1 aromatic rings. The minimum absolute atomic E-state index is 0.151. The number of Topliss-reactive ketones (excluding diaryl/α,β-unsaturated/α-hetero) is 1. The maximum absolute atomic E-state index is 13.3. The van der Waals surface area contributed by atoms with Gasteiger partial charge in [-0.1, -0.05) is 27.7 Å². The molecule has 1 aromatic carbocycles. The van der Waals surface area contributed by atoms with Gasteiger partial charge in [-0.15, -0.1) is 11.6 Å². The number of ketones is 1. The van der Waals surface area contributed by atoms with Crippen molar-refractivity contribution in [3.63, 3.8) is 0 Å². The van der Waals surface area contributed by atoms with E-state index < -0.39 is 40.4 Å². The summed E-state index contributed by atoms with van der Waals surface area (Å²) in [6.45, 7) is 16.0. The van der Waals surface area contributed by atoms with Crippen LogP contribution in [0.25, 0.3) is 0 Å². The lowest BCUT2D eigenvalue weighted by molar-refractivity contribution is -0.173. The first-order chi connectivity index (χ1) is 23.0. The summed E-state index contributed by atoms with van der Waals surface area (Å²) in [5, 5.41) is 17.1. The topological polar surface area (TPSA) is 154 Å². The van der Waals surface area contributed by atoms with E-state index in [-0.39, 0.29) is 35.0 Å². The molecule has 14 heteroatoms. The van der Waals surface area contributed by atoms with Crippen molar-refractivity contribution in [1.29, 1.82) is 0 Å². The maximum Gasteiger partial charge on any atom is 0.260 e. The molecule has 1 saturated carbocycles. The third kappa shape index (κ3) is 8.60. The Morgan fingerprint density at radius 2 is 1.44 bits per heavy atom. The van der Waals surface area contributed by atoms with E-state index in [0.29, 0.717) is 19.5 Å². The number of benzene rings is 1. The van der Waals surface area contributed by atoms with Crippen molar-refractivity contribution in [3.05, 3.63) is 29.3 Å². The highest BCUT2D eigenvalue weighted by atomic mass is 35.5. The standard InChI is InChI=1S/C34H54ClN7O6/c1-8-41(9-2)16-12-14-36-30(44)24-18-25(31(45)37-15-13-17-42(10-3)11-4)20-26(19-24)39-40-34(23(5)43)32(46)38-33(34)22-28(47-6)27(35)21-29(33)48-7/h18-20,27-29H,8-17,21-22H2,1-7H3,(H,36,44)(H,37,45)(H,38,46). The largest absolute Gasteiger partial charge is 0.380 e. The van der Waals surface area contributed by atoms with Gasteiger partial charge >= 0.3 is 0 Å². The van der Waals surface area contributed by atoms with Gasteiger partial charge < -0.3 is 35.2 Å². The van der Waals surface area contributed by atoms with Crippen LogP contribution in [0.5, 0.6) is 0 Å². The summed E-state index contributed by atoms with van der Waals surface area (Å²) in [5.74, 6) is -1.88. The van der Waals surface area contributed by atoms with Gasteiger partial charge in [0, 0.05) is 44.9 Å². The molecule has 48 heavy (non-hydrogen) atoms. The van der Waals surface area contributed by atoms with Crippen LogP contribution in [0.15, 0.2) is 28.4 Å². The van der Waals surface area contributed by atoms with Crippen molar-refractivity contribution in [2.45, 2.75) is 89.0 Å². The van der Waals surface area contributed by atoms with Crippen LogP contribution in [0.3, 0.4) is 0 Å². The molecule has 1 saturated heterocycles. The number of rotatable bonds is 19. The lowest BCUT2D eigenvalue weighted by atomic mass is 9.58. The molecule has 1 heterocycles. The molecule has 3 N–H and O–H groups in total. The van der Waals surface area contributed by atoms with Gasteiger partial charge in [-0.2, -0.15) is 10.2 Å². The Bertz CT molecular complexity index is 1250. The first-order valence-electron chi connectivity index (χ1n) is 17.1. The summed E-state index contributed by atoms with van der Waals surface area (Å²) in [7, 11) is 3.02. The number of carbonyl (C=O) groups excluding carboxylic acids is 4. The molecule has 1 aliphatic carbocycles. The van der Waals surface area contributed by atoms with Crippen molar-refractivity contribution >= 4 is 40.8 Å². The highest BCUT2D eigenvalue weighted by molar-refractivity contribution is 6.21. The van der Waals surface area contributed by atoms with Crippen LogP contribution in [0.4, 0.5) is 5.69 Å². The summed E-state index contributed by atoms with van der Waals surface area (Å²) in [6.07, 6.45) is 0.896. The third-order valence-corrected chi connectivity index (χ3v) is 10.2. The van der Waals surface area contributed by atoms with Crippen molar-refractivity contribution in [3.8, 4) is 0 Å². The molecule has 2 aliphatic rings. The molecule has 5 atom stereocenters. The van der Waals surface area contributed by atoms with Gasteiger partial charge in [0.2, 0.25) is 5.54 Å². The molecule has 0 aromatic heterocycles. The van der Waals surface area contributed by atoms with Crippen LogP contribution in [0.2, 0.25) is 0 Å². The van der Waals surface area contributed by atoms with Gasteiger partial charge in [-0.05, 0) is 83.7 Å². The highest BCUT2D eigenvalue weighted by Gasteiger charge is 2.75. The Balaban J connectivity index is 1.94. The summed E-state index contributed by atoms with van der Waals surface area (Å²) in [6, 6.07) is 4.51. The SMILES string of the molecule is CCN(CC)CCCNC(=O)c1cc(N=NC2(C(C)=O)C(=O)NC23CC(OC)C(Cl)CC3OC)cc(C(=O)NCCCN(CC)CC)c1. The number of amides is 3. The molecule has 5 unspecified atom stereocenters. The zero-order valence-electron chi connectivity index (χ0n) is 29.6. The number of β-lactam (4-membered cyclic amide) rings is 1. The minimum atomic E-state index is -1.92. The second-order valence-corrected chi connectivity index (χ2v) is 12.9. The first kappa shape index (κ1) is 39.5. The first-order valence-corrected chi connectivity index (χ1v) is 17.5. The van der Waals surface area contributed by atoms with E-state index >= 15 is 0 Å². The number of nitrogens with one attached hydrogen (secondary N) is 3. The zero-order chi connectivity index (χ0) is 35.5. The number of alkyl halides is 1. The van der Waals surface area contributed by atoms with E-state index in [0.717, 1.165) is 52.1 Å². The van der Waals surface area contributed by atoms with Crippen molar-refractivity contribution in [2.75, 3.05) is 66.6 Å². The summed E-state index contributed by atoms with van der Waals surface area (Å²) >= 11 is 6.55. The summed E-state index contributed by atoms with van der Waals surface area (Å²) in [5.41, 5.74) is -2.59. The van der Waals surface area contributed by atoms with E-state index in [1.54, 1.807) is 0 Å². The number of halogens is 1. The predicted molar refractivity (Wildman–Crippen MR) is 185 cm³/mol. The van der Waals surface area contributed by atoms with Crippen LogP contribution < -0.4 is 16.0 Å². The lowest BCUT2D eigenvalue weighted by Gasteiger charge is -2.60. The fourth-order valence-corrected chi connectivity index (χ4v) is 7.09. The van der Waals surface area contributed by atoms with E-state index in [1.165, 1.54) is 39.3 Å². The van der Waals surface area contributed by atoms with Gasteiger partial charge in [-0.3, -0.25) is 19.2 Å². The second kappa shape index (κ2) is 18.1. The Morgan fingerprint density at radius 3 is 1.85 bits per heavy atom. The lowest BCUT2D eigenvalue weighted by Crippen LogP contribution is -2.88. The molecule has 1 aliphatic heterocycles. The summed E-state index contributed by atoms with van der Waals surface area (Å²) in [4.78, 5) is 57.8. The monoisotopic (exact) mass is 691 g/mol. The average molecular weight is 692 g/mol. The van der Waals surface area contributed by atoms with Crippen LogP contribution in [0, 0.1) is 0 Å². The van der Waals surface area contributed by atoms with Gasteiger partial charge in [0.05, 0.1) is 23.3 Å².